The van der Waals surface area contributed by atoms with E-state index in [1.165, 1.54) is 23.1 Å². The molecule has 1 atom stereocenters. The second-order valence-corrected chi connectivity index (χ2v) is 13.6. The Morgan fingerprint density at radius 1 is 0.886 bits per heavy atom. The van der Waals surface area contributed by atoms with Gasteiger partial charge in [-0.05, 0) is 67.4 Å². The van der Waals surface area contributed by atoms with Gasteiger partial charge in [0.15, 0.2) is 0 Å². The van der Waals surface area contributed by atoms with E-state index in [9.17, 15) is 22.4 Å². The summed E-state index contributed by atoms with van der Waals surface area (Å²) in [6.07, 6.45) is 0.187. The van der Waals surface area contributed by atoms with Crippen LogP contribution in [-0.4, -0.2) is 43.8 Å². The van der Waals surface area contributed by atoms with Crippen molar-refractivity contribution in [2.75, 3.05) is 10.8 Å². The molecule has 0 aromatic heterocycles. The molecule has 2 amide bonds. The number of rotatable bonds is 12. The maximum Gasteiger partial charge on any atom is 0.264 e. The van der Waals surface area contributed by atoms with E-state index in [0.717, 1.165) is 32.0 Å². The average molecular weight is 701 g/mol. The Labute approximate surface area is 270 Å². The van der Waals surface area contributed by atoms with Crippen molar-refractivity contribution >= 4 is 55.1 Å². The first kappa shape index (κ1) is 33.2. The maximum atomic E-state index is 14.4. The lowest BCUT2D eigenvalue weighted by Gasteiger charge is -2.34. The average Bonchev–Trinajstić information content (AvgIpc) is 2.99. The third kappa shape index (κ3) is 8.46. The highest BCUT2D eigenvalue weighted by molar-refractivity contribution is 9.10. The van der Waals surface area contributed by atoms with Crippen molar-refractivity contribution in [1.29, 1.82) is 0 Å². The fraction of sp³-hybridized carbons (Fsp3) is 0.212. The van der Waals surface area contributed by atoms with Gasteiger partial charge in [0.2, 0.25) is 11.8 Å². The Kier molecular flexibility index (Phi) is 11.2. The van der Waals surface area contributed by atoms with Gasteiger partial charge < -0.3 is 10.2 Å². The Morgan fingerprint density at radius 3 is 2.14 bits per heavy atom. The summed E-state index contributed by atoms with van der Waals surface area (Å²) >= 11 is 9.52. The number of sulfonamides is 1. The van der Waals surface area contributed by atoms with Crippen molar-refractivity contribution in [3.05, 3.63) is 130 Å². The van der Waals surface area contributed by atoms with Crippen LogP contribution >= 0.6 is 27.5 Å². The van der Waals surface area contributed by atoms with Gasteiger partial charge in [0, 0.05) is 23.5 Å². The summed E-state index contributed by atoms with van der Waals surface area (Å²) in [5.41, 5.74) is 1.55. The zero-order chi connectivity index (χ0) is 31.9. The molecule has 0 saturated heterocycles. The molecule has 0 heterocycles. The number of nitrogens with one attached hydrogen (secondary N) is 1. The molecule has 0 fully saturated rings. The van der Waals surface area contributed by atoms with E-state index in [2.05, 4.69) is 21.2 Å². The third-order valence-electron chi connectivity index (χ3n) is 6.75. The van der Waals surface area contributed by atoms with Gasteiger partial charge in [-0.2, -0.15) is 0 Å². The van der Waals surface area contributed by atoms with Crippen molar-refractivity contribution in [2.24, 2.45) is 0 Å². The quantitative estimate of drug-likeness (QED) is 0.181. The number of benzene rings is 4. The first-order valence-electron chi connectivity index (χ1n) is 13.9. The Morgan fingerprint density at radius 2 is 1.52 bits per heavy atom. The van der Waals surface area contributed by atoms with Crippen LogP contribution < -0.4 is 9.62 Å². The normalized spacial score (nSPS) is 12.0. The van der Waals surface area contributed by atoms with Gasteiger partial charge in [-0.25, -0.2) is 12.8 Å². The molecule has 1 unspecified atom stereocenters. The minimum atomic E-state index is -4.32. The molecular weight excluding hydrogens is 669 g/mol. The SMILES string of the molecule is CC(C)NC(=O)C(Cc1ccccc1)N(Cc1cccc(Br)c1)C(=O)CN(c1ccc(F)c(Cl)c1)S(=O)(=O)c1ccccc1. The number of nitrogens with zero attached hydrogens (tertiary/aromatic N) is 2. The fourth-order valence-corrected chi connectivity index (χ4v) is 6.70. The van der Waals surface area contributed by atoms with E-state index in [0.29, 0.717) is 0 Å². The molecule has 4 rings (SSSR count). The standard InChI is InChI=1S/C33H32BrClFN3O4S/c1-23(2)37-33(41)31(19-24-10-5-3-6-11-24)38(21-25-12-9-13-26(34)18-25)32(40)22-39(27-16-17-30(36)29(35)20-27)44(42,43)28-14-7-4-8-15-28/h3-18,20,23,31H,19,21-22H2,1-2H3,(H,37,41). The molecule has 44 heavy (non-hydrogen) atoms. The lowest BCUT2D eigenvalue weighted by atomic mass is 10.0. The summed E-state index contributed by atoms with van der Waals surface area (Å²) < 4.78 is 43.7. The van der Waals surface area contributed by atoms with Gasteiger partial charge in [0.25, 0.3) is 10.0 Å². The van der Waals surface area contributed by atoms with Gasteiger partial charge in [0.05, 0.1) is 15.6 Å². The molecule has 0 saturated carbocycles. The van der Waals surface area contributed by atoms with Crippen LogP contribution in [0, 0.1) is 5.82 Å². The van der Waals surface area contributed by atoms with Crippen LogP contribution in [0.2, 0.25) is 5.02 Å². The summed E-state index contributed by atoms with van der Waals surface area (Å²) in [6, 6.07) is 26.5. The number of amides is 2. The van der Waals surface area contributed by atoms with E-state index in [-0.39, 0.29) is 40.5 Å². The minimum absolute atomic E-state index is 0.00208. The number of hydrogen-bond acceptors (Lipinski definition) is 4. The van der Waals surface area contributed by atoms with Crippen LogP contribution in [0.1, 0.15) is 25.0 Å². The smallest absolute Gasteiger partial charge is 0.264 e. The predicted molar refractivity (Wildman–Crippen MR) is 174 cm³/mol. The van der Waals surface area contributed by atoms with E-state index < -0.39 is 34.3 Å². The van der Waals surface area contributed by atoms with E-state index in [4.69, 9.17) is 11.6 Å². The van der Waals surface area contributed by atoms with Gasteiger partial charge in [-0.15, -0.1) is 0 Å². The molecule has 0 aliphatic carbocycles. The minimum Gasteiger partial charge on any atom is -0.352 e. The Bertz CT molecular complexity index is 1710. The molecule has 230 valence electrons. The summed E-state index contributed by atoms with van der Waals surface area (Å²) in [6.45, 7) is 2.99. The second-order valence-electron chi connectivity index (χ2n) is 10.4. The molecule has 4 aromatic rings. The number of halogens is 3. The highest BCUT2D eigenvalue weighted by Crippen LogP contribution is 2.28. The molecule has 7 nitrogen and oxygen atoms in total. The first-order chi connectivity index (χ1) is 21.0. The van der Waals surface area contributed by atoms with Crippen molar-refractivity contribution in [3.8, 4) is 0 Å². The molecular formula is C33H32BrClFN3O4S. The number of anilines is 1. The molecule has 0 aliphatic heterocycles. The summed E-state index contributed by atoms with van der Waals surface area (Å²) in [7, 11) is -4.32. The third-order valence-corrected chi connectivity index (χ3v) is 9.32. The molecule has 1 N–H and O–H groups in total. The van der Waals surface area contributed by atoms with Crippen LogP contribution in [-0.2, 0) is 32.6 Å². The fourth-order valence-electron chi connectivity index (χ4n) is 4.66. The molecule has 0 bridgehead atoms. The zero-order valence-electron chi connectivity index (χ0n) is 24.2. The van der Waals surface area contributed by atoms with Crippen LogP contribution in [0.15, 0.2) is 112 Å². The van der Waals surface area contributed by atoms with E-state index in [1.54, 1.807) is 18.2 Å². The summed E-state index contributed by atoms with van der Waals surface area (Å²) in [5.74, 6) is -1.75. The first-order valence-corrected chi connectivity index (χ1v) is 16.5. The van der Waals surface area contributed by atoms with Crippen LogP contribution in [0.25, 0.3) is 0 Å². The maximum absolute atomic E-state index is 14.4. The van der Waals surface area contributed by atoms with Gasteiger partial charge in [0.1, 0.15) is 18.4 Å². The molecule has 0 radical (unpaired) electrons. The Balaban J connectivity index is 1.82. The largest absolute Gasteiger partial charge is 0.352 e. The highest BCUT2D eigenvalue weighted by Gasteiger charge is 2.35. The lowest BCUT2D eigenvalue weighted by molar-refractivity contribution is -0.140. The monoisotopic (exact) mass is 699 g/mol. The Hall–Kier alpha value is -3.73. The van der Waals surface area contributed by atoms with Crippen molar-refractivity contribution in [3.63, 3.8) is 0 Å². The number of hydrogen-bond donors (Lipinski definition) is 1. The lowest BCUT2D eigenvalue weighted by Crippen LogP contribution is -2.54. The van der Waals surface area contributed by atoms with Gasteiger partial charge in [-0.3, -0.25) is 13.9 Å². The molecule has 0 spiro atoms. The molecule has 0 aliphatic rings. The number of carbonyl (C=O) groups excluding carboxylic acids is 2. The topological polar surface area (TPSA) is 86.8 Å². The molecule has 4 aromatic carbocycles. The van der Waals surface area contributed by atoms with Crippen LogP contribution in [0.4, 0.5) is 10.1 Å². The molecule has 11 heteroatoms. The number of carbonyl (C=O) groups is 2. The van der Waals surface area contributed by atoms with Crippen LogP contribution in [0.5, 0.6) is 0 Å². The van der Waals surface area contributed by atoms with E-state index >= 15 is 0 Å². The van der Waals surface area contributed by atoms with Crippen LogP contribution in [0.3, 0.4) is 0 Å². The summed E-state index contributed by atoms with van der Waals surface area (Å²) in [4.78, 5) is 29.4. The van der Waals surface area contributed by atoms with Gasteiger partial charge in [-0.1, -0.05) is 88.2 Å². The van der Waals surface area contributed by atoms with Crippen molar-refractivity contribution in [1.82, 2.24) is 10.2 Å². The van der Waals surface area contributed by atoms with E-state index in [1.807, 2.05) is 68.4 Å². The second kappa shape index (κ2) is 14.8. The van der Waals surface area contributed by atoms with Gasteiger partial charge >= 0.3 is 0 Å². The zero-order valence-corrected chi connectivity index (χ0v) is 27.3. The predicted octanol–water partition coefficient (Wildman–Crippen LogP) is 6.60. The van der Waals surface area contributed by atoms with Crippen molar-refractivity contribution in [2.45, 2.75) is 43.8 Å². The van der Waals surface area contributed by atoms with Crippen molar-refractivity contribution < 1.29 is 22.4 Å². The summed E-state index contributed by atoms with van der Waals surface area (Å²) in [5, 5.41) is 2.62. The highest BCUT2D eigenvalue weighted by atomic mass is 79.9.